The summed E-state index contributed by atoms with van der Waals surface area (Å²) in [5, 5.41) is 1.40. The van der Waals surface area contributed by atoms with Crippen molar-refractivity contribution in [1.82, 2.24) is 0 Å². The van der Waals surface area contributed by atoms with E-state index in [1.807, 2.05) is 42.5 Å². The van der Waals surface area contributed by atoms with Gasteiger partial charge in [0.15, 0.2) is 0 Å². The van der Waals surface area contributed by atoms with Crippen molar-refractivity contribution >= 4 is 34.8 Å². The highest BCUT2D eigenvalue weighted by Crippen LogP contribution is 2.35. The lowest BCUT2D eigenvalue weighted by Gasteiger charge is -2.25. The predicted molar refractivity (Wildman–Crippen MR) is 75.7 cm³/mol. The van der Waals surface area contributed by atoms with Crippen molar-refractivity contribution < 1.29 is 0 Å². The molecule has 2 rings (SSSR count). The maximum atomic E-state index is 6.51. The number of halogens is 3. The fourth-order valence-corrected chi connectivity index (χ4v) is 2.66. The number of hydrogen-bond donors (Lipinski definition) is 0. The molecular formula is C14H12Cl3. The molecule has 3 heteroatoms. The molecule has 2 atom stereocenters. The first kappa shape index (κ1) is 13.0. The van der Waals surface area contributed by atoms with E-state index in [0.717, 1.165) is 10.6 Å². The molecule has 0 heterocycles. The topological polar surface area (TPSA) is 0 Å². The van der Waals surface area contributed by atoms with Gasteiger partial charge in [-0.2, -0.15) is 0 Å². The van der Waals surface area contributed by atoms with Gasteiger partial charge in [0.25, 0.3) is 0 Å². The third kappa shape index (κ3) is 3.07. The summed E-state index contributed by atoms with van der Waals surface area (Å²) in [5.74, 6) is -0.00483. The third-order valence-electron chi connectivity index (χ3n) is 2.76. The van der Waals surface area contributed by atoms with Crippen LogP contribution in [0, 0.1) is 12.8 Å². The molecule has 1 aliphatic carbocycles. The van der Waals surface area contributed by atoms with Crippen LogP contribution in [0.25, 0.3) is 0 Å². The van der Waals surface area contributed by atoms with Gasteiger partial charge in [0, 0.05) is 22.4 Å². The lowest BCUT2D eigenvalue weighted by Crippen LogP contribution is -2.23. The summed E-state index contributed by atoms with van der Waals surface area (Å²) in [6, 6.07) is 7.68. The van der Waals surface area contributed by atoms with Gasteiger partial charge in [0.2, 0.25) is 0 Å². The quantitative estimate of drug-likeness (QED) is 0.530. The second kappa shape index (κ2) is 5.06. The minimum atomic E-state index is -0.601. The molecule has 1 aliphatic rings. The Balaban J connectivity index is 2.25. The molecule has 1 aromatic rings. The van der Waals surface area contributed by atoms with Crippen LogP contribution in [0.15, 0.2) is 47.5 Å². The molecule has 0 spiro atoms. The Morgan fingerprint density at radius 1 is 1.24 bits per heavy atom. The fourth-order valence-electron chi connectivity index (χ4n) is 1.80. The summed E-state index contributed by atoms with van der Waals surface area (Å²) < 4.78 is 0. The monoisotopic (exact) mass is 285 g/mol. The average molecular weight is 287 g/mol. The third-order valence-corrected chi connectivity index (χ3v) is 3.88. The molecule has 1 radical (unpaired) electrons. The fraction of sp³-hybridized carbons (Fsp3) is 0.214. The first-order valence-electron chi connectivity index (χ1n) is 5.33. The van der Waals surface area contributed by atoms with Crippen LogP contribution in [0.2, 0.25) is 5.02 Å². The maximum Gasteiger partial charge on any atom is 0.0861 e. The molecule has 0 amide bonds. The van der Waals surface area contributed by atoms with Gasteiger partial charge in [0.05, 0.1) is 4.87 Å². The van der Waals surface area contributed by atoms with Gasteiger partial charge in [0.1, 0.15) is 0 Å². The van der Waals surface area contributed by atoms with E-state index < -0.39 is 4.87 Å². The Kier molecular flexibility index (Phi) is 3.87. The largest absolute Gasteiger partial charge is 0.110 e. The molecule has 0 saturated carbocycles. The van der Waals surface area contributed by atoms with Crippen LogP contribution in [0.5, 0.6) is 0 Å². The minimum absolute atomic E-state index is 0.00483. The van der Waals surface area contributed by atoms with E-state index >= 15 is 0 Å². The van der Waals surface area contributed by atoms with Gasteiger partial charge >= 0.3 is 0 Å². The van der Waals surface area contributed by atoms with Crippen molar-refractivity contribution in [3.05, 3.63) is 65.0 Å². The second-order valence-electron chi connectivity index (χ2n) is 4.19. The van der Waals surface area contributed by atoms with Crippen molar-refractivity contribution in [2.24, 2.45) is 5.92 Å². The molecule has 0 saturated heterocycles. The lowest BCUT2D eigenvalue weighted by atomic mass is 9.91. The Morgan fingerprint density at radius 3 is 2.59 bits per heavy atom. The molecule has 0 bridgehead atoms. The summed E-state index contributed by atoms with van der Waals surface area (Å²) >= 11 is 18.7. The highest BCUT2D eigenvalue weighted by molar-refractivity contribution is 6.33. The summed E-state index contributed by atoms with van der Waals surface area (Å²) in [6.07, 6.45) is 6.32. The van der Waals surface area contributed by atoms with Crippen LogP contribution in [-0.2, 0) is 6.42 Å². The SMILES string of the molecule is [CH2]C1C=CC(Cl)(Cc2ccccc2Cl)C=C1Cl. The molecule has 0 N–H and O–H groups in total. The molecule has 17 heavy (non-hydrogen) atoms. The van der Waals surface area contributed by atoms with E-state index in [1.165, 1.54) is 0 Å². The van der Waals surface area contributed by atoms with Crippen molar-refractivity contribution in [2.75, 3.05) is 0 Å². The van der Waals surface area contributed by atoms with Crippen LogP contribution in [0.3, 0.4) is 0 Å². The standard InChI is InChI=1S/C14H12Cl3/c1-10-6-7-14(17,9-13(10)16)8-11-4-2-3-5-12(11)15/h2-7,9-10H,1,8H2. The molecule has 0 fully saturated rings. The average Bonchev–Trinajstić information content (AvgIpc) is 2.28. The van der Waals surface area contributed by atoms with E-state index in [4.69, 9.17) is 34.8 Å². The van der Waals surface area contributed by atoms with Crippen LogP contribution < -0.4 is 0 Å². The van der Waals surface area contributed by atoms with E-state index in [0.29, 0.717) is 11.5 Å². The van der Waals surface area contributed by atoms with Gasteiger partial charge in [-0.3, -0.25) is 0 Å². The second-order valence-corrected chi connectivity index (χ2v) is 5.74. The van der Waals surface area contributed by atoms with E-state index in [2.05, 4.69) is 6.92 Å². The van der Waals surface area contributed by atoms with Crippen LogP contribution in [-0.4, -0.2) is 4.87 Å². The van der Waals surface area contributed by atoms with Gasteiger partial charge in [-0.05, 0) is 24.6 Å². The molecule has 0 aromatic heterocycles. The van der Waals surface area contributed by atoms with Crippen LogP contribution in [0.4, 0.5) is 0 Å². The molecule has 2 unspecified atom stereocenters. The highest BCUT2D eigenvalue weighted by Gasteiger charge is 2.27. The van der Waals surface area contributed by atoms with Gasteiger partial charge < -0.3 is 0 Å². The van der Waals surface area contributed by atoms with E-state index in [9.17, 15) is 0 Å². The maximum absolute atomic E-state index is 6.51. The number of alkyl halides is 1. The molecule has 1 aromatic carbocycles. The van der Waals surface area contributed by atoms with E-state index in [-0.39, 0.29) is 5.92 Å². The Hall–Kier alpha value is -0.430. The summed E-state index contributed by atoms with van der Waals surface area (Å²) in [5.41, 5.74) is 1.01. The zero-order valence-corrected chi connectivity index (χ0v) is 11.4. The van der Waals surface area contributed by atoms with Gasteiger partial charge in [-0.1, -0.05) is 53.6 Å². The van der Waals surface area contributed by atoms with Gasteiger partial charge in [-0.25, -0.2) is 0 Å². The summed E-state index contributed by atoms with van der Waals surface area (Å²) in [4.78, 5) is -0.601. The van der Waals surface area contributed by atoms with Crippen molar-refractivity contribution in [2.45, 2.75) is 11.3 Å². The number of rotatable bonds is 2. The Labute approximate surface area is 117 Å². The van der Waals surface area contributed by atoms with Crippen molar-refractivity contribution in [3.8, 4) is 0 Å². The minimum Gasteiger partial charge on any atom is -0.110 e. The summed E-state index contributed by atoms with van der Waals surface area (Å²) in [6.45, 7) is 3.90. The van der Waals surface area contributed by atoms with Crippen molar-refractivity contribution in [3.63, 3.8) is 0 Å². The first-order chi connectivity index (χ1) is 8.00. The van der Waals surface area contributed by atoms with Gasteiger partial charge in [-0.15, -0.1) is 11.6 Å². The predicted octanol–water partition coefficient (Wildman–Crippen LogP) is 5.00. The zero-order valence-electron chi connectivity index (χ0n) is 9.17. The zero-order chi connectivity index (χ0) is 12.5. The van der Waals surface area contributed by atoms with E-state index in [1.54, 1.807) is 0 Å². The Morgan fingerprint density at radius 2 is 1.94 bits per heavy atom. The normalized spacial score (nSPS) is 28.0. The number of allylic oxidation sites excluding steroid dienone is 4. The van der Waals surface area contributed by atoms with Crippen LogP contribution >= 0.6 is 34.8 Å². The van der Waals surface area contributed by atoms with Crippen molar-refractivity contribution in [1.29, 1.82) is 0 Å². The Bertz CT molecular complexity index is 476. The molecular weight excluding hydrogens is 275 g/mol. The molecule has 0 aliphatic heterocycles. The number of hydrogen-bond acceptors (Lipinski definition) is 0. The number of benzene rings is 1. The molecule has 0 nitrogen and oxygen atoms in total. The lowest BCUT2D eigenvalue weighted by molar-refractivity contribution is 0.801. The highest BCUT2D eigenvalue weighted by atomic mass is 35.5. The smallest absolute Gasteiger partial charge is 0.0861 e. The summed E-state index contributed by atoms with van der Waals surface area (Å²) in [7, 11) is 0. The first-order valence-corrected chi connectivity index (χ1v) is 6.46. The van der Waals surface area contributed by atoms with Crippen LogP contribution in [0.1, 0.15) is 5.56 Å². The molecule has 89 valence electrons.